The van der Waals surface area contributed by atoms with Crippen LogP contribution in [0.4, 0.5) is 0 Å². The second-order valence-corrected chi connectivity index (χ2v) is 9.17. The normalized spacial score (nSPS) is 17.4. The number of carbonyl (C=O) groups excluding carboxylic acids is 2. The average molecular weight is 502 g/mol. The van der Waals surface area contributed by atoms with E-state index in [0.717, 1.165) is 29.5 Å². The lowest BCUT2D eigenvalue weighted by molar-refractivity contribution is -0.138. The number of methoxy groups -OCH3 is 2. The fourth-order valence-corrected chi connectivity index (χ4v) is 4.81. The molecule has 1 N–H and O–H groups in total. The monoisotopic (exact) mass is 501 g/mol. The zero-order valence-corrected chi connectivity index (χ0v) is 21.1. The molecule has 192 valence electrons. The maximum Gasteiger partial charge on any atom is 0.334 e. The van der Waals surface area contributed by atoms with E-state index in [4.69, 9.17) is 14.2 Å². The number of rotatable bonds is 8. The molecule has 0 aliphatic heterocycles. The Morgan fingerprint density at radius 2 is 1.97 bits per heavy atom. The number of amides is 1. The third-order valence-electron chi connectivity index (χ3n) is 6.84. The highest BCUT2D eigenvalue weighted by atomic mass is 16.5. The van der Waals surface area contributed by atoms with Crippen LogP contribution in [0.2, 0.25) is 0 Å². The van der Waals surface area contributed by atoms with Crippen molar-refractivity contribution in [3.05, 3.63) is 76.6 Å². The van der Waals surface area contributed by atoms with Crippen LogP contribution >= 0.6 is 0 Å². The molecule has 2 atom stereocenters. The molecule has 3 aromatic rings. The fourth-order valence-electron chi connectivity index (χ4n) is 4.81. The topological polar surface area (TPSA) is 99.6 Å². The first-order valence-electron chi connectivity index (χ1n) is 12.3. The highest BCUT2D eigenvalue weighted by molar-refractivity contribution is 5.95. The molecule has 0 bridgehead atoms. The number of nitrogens with zero attached hydrogens (tertiary/aromatic N) is 2. The Hall–Kier alpha value is -4.20. The number of nitrogens with one attached hydrogen (secondary N) is 1. The standard InChI is InChI=1S/C29H29N3O5.H2/c1-4-37-29(34)21-12-19-11-17(6-8-23(19)24-14-20(24)13-21)27-30-10-9-25(32-27)28(33)31-16-18-5-7-22(35-2)15-26(18)36-3;/h5-12,15,20,24H,4,13-14,16H2,1-3H3,(H,31,33);1H. The van der Waals surface area contributed by atoms with Crippen LogP contribution < -0.4 is 14.8 Å². The summed E-state index contributed by atoms with van der Waals surface area (Å²) in [5.41, 5.74) is 4.78. The molecular formula is C29H31N3O5. The third-order valence-corrected chi connectivity index (χ3v) is 6.84. The van der Waals surface area contributed by atoms with Gasteiger partial charge in [0, 0.05) is 36.9 Å². The minimum Gasteiger partial charge on any atom is -0.497 e. The van der Waals surface area contributed by atoms with E-state index < -0.39 is 0 Å². The lowest BCUT2D eigenvalue weighted by atomic mass is 9.99. The molecule has 2 aromatic carbocycles. The Morgan fingerprint density at radius 1 is 1.11 bits per heavy atom. The van der Waals surface area contributed by atoms with Crippen molar-refractivity contribution in [2.24, 2.45) is 5.92 Å². The molecular weight excluding hydrogens is 470 g/mol. The lowest BCUT2D eigenvalue weighted by Gasteiger charge is -2.12. The van der Waals surface area contributed by atoms with Gasteiger partial charge in [0.25, 0.3) is 5.91 Å². The quantitative estimate of drug-likeness (QED) is 0.443. The maximum atomic E-state index is 12.9. The summed E-state index contributed by atoms with van der Waals surface area (Å²) < 4.78 is 15.9. The molecule has 1 fully saturated rings. The van der Waals surface area contributed by atoms with Crippen LogP contribution in [0.1, 0.15) is 54.3 Å². The molecule has 0 saturated heterocycles. The smallest absolute Gasteiger partial charge is 0.334 e. The molecule has 0 spiro atoms. The maximum absolute atomic E-state index is 12.9. The van der Waals surface area contributed by atoms with Gasteiger partial charge in [-0.2, -0.15) is 0 Å². The molecule has 5 rings (SSSR count). The van der Waals surface area contributed by atoms with Crippen LogP contribution in [0, 0.1) is 5.92 Å². The van der Waals surface area contributed by atoms with Crippen molar-refractivity contribution in [1.82, 2.24) is 15.3 Å². The Kier molecular flexibility index (Phi) is 6.90. The molecule has 2 aliphatic rings. The number of carbonyl (C=O) groups is 2. The average Bonchev–Trinajstić information content (AvgIpc) is 3.71. The molecule has 1 aromatic heterocycles. The van der Waals surface area contributed by atoms with Crippen molar-refractivity contribution >= 4 is 18.0 Å². The molecule has 0 radical (unpaired) electrons. The Balaban J connectivity index is 0.00000336. The Labute approximate surface area is 217 Å². The summed E-state index contributed by atoms with van der Waals surface area (Å²) in [6.07, 6.45) is 5.32. The van der Waals surface area contributed by atoms with Gasteiger partial charge in [0.15, 0.2) is 5.82 Å². The molecule has 8 nitrogen and oxygen atoms in total. The van der Waals surface area contributed by atoms with Gasteiger partial charge in [-0.1, -0.05) is 12.1 Å². The number of benzene rings is 2. The minimum absolute atomic E-state index is 0. The molecule has 8 heteroatoms. The Morgan fingerprint density at radius 3 is 2.76 bits per heavy atom. The van der Waals surface area contributed by atoms with Crippen molar-refractivity contribution in [2.45, 2.75) is 32.2 Å². The van der Waals surface area contributed by atoms with Crippen molar-refractivity contribution in [1.29, 1.82) is 0 Å². The van der Waals surface area contributed by atoms with E-state index in [1.807, 2.05) is 37.3 Å². The van der Waals surface area contributed by atoms with E-state index >= 15 is 0 Å². The summed E-state index contributed by atoms with van der Waals surface area (Å²) in [5, 5.41) is 2.89. The van der Waals surface area contributed by atoms with E-state index in [0.29, 0.717) is 41.3 Å². The zero-order valence-electron chi connectivity index (χ0n) is 21.1. The summed E-state index contributed by atoms with van der Waals surface area (Å²) in [5.74, 6) is 2.11. The first-order valence-corrected chi connectivity index (χ1v) is 12.3. The van der Waals surface area contributed by atoms with Gasteiger partial charge < -0.3 is 19.5 Å². The van der Waals surface area contributed by atoms with Crippen LogP contribution in [-0.4, -0.2) is 42.7 Å². The SMILES string of the molecule is CCOC(=O)C1=Cc2cc(-c3nccc(C(=O)NCc4ccc(OC)cc4OC)n3)ccc2C2CC2C1.[HH]. The second kappa shape index (κ2) is 10.4. The first kappa shape index (κ1) is 24.5. The molecule has 2 unspecified atom stereocenters. The van der Waals surface area contributed by atoms with E-state index in [9.17, 15) is 9.59 Å². The Bertz CT molecular complexity index is 1390. The summed E-state index contributed by atoms with van der Waals surface area (Å²) in [6.45, 7) is 2.44. The largest absolute Gasteiger partial charge is 0.497 e. The predicted octanol–water partition coefficient (Wildman–Crippen LogP) is 4.79. The van der Waals surface area contributed by atoms with Crippen LogP contribution in [0.3, 0.4) is 0 Å². The predicted molar refractivity (Wildman–Crippen MR) is 140 cm³/mol. The number of hydrogen-bond donors (Lipinski definition) is 1. The van der Waals surface area contributed by atoms with Crippen LogP contribution in [-0.2, 0) is 16.1 Å². The third kappa shape index (κ3) is 5.18. The van der Waals surface area contributed by atoms with Crippen LogP contribution in [0.25, 0.3) is 17.5 Å². The van der Waals surface area contributed by atoms with Crippen molar-refractivity contribution < 1.29 is 25.2 Å². The van der Waals surface area contributed by atoms with Gasteiger partial charge in [0.2, 0.25) is 0 Å². The first-order chi connectivity index (χ1) is 18.0. The van der Waals surface area contributed by atoms with E-state index in [1.165, 1.54) is 5.56 Å². The summed E-state index contributed by atoms with van der Waals surface area (Å²) in [7, 11) is 3.16. The van der Waals surface area contributed by atoms with Gasteiger partial charge in [0.05, 0.1) is 20.8 Å². The highest BCUT2D eigenvalue weighted by Gasteiger charge is 2.42. The van der Waals surface area contributed by atoms with E-state index in [-0.39, 0.29) is 25.5 Å². The van der Waals surface area contributed by atoms with E-state index in [1.54, 1.807) is 32.5 Å². The van der Waals surface area contributed by atoms with Gasteiger partial charge in [-0.3, -0.25) is 4.79 Å². The van der Waals surface area contributed by atoms with Gasteiger partial charge >= 0.3 is 5.97 Å². The highest BCUT2D eigenvalue weighted by Crippen LogP contribution is 2.54. The lowest BCUT2D eigenvalue weighted by Crippen LogP contribution is -2.24. The van der Waals surface area contributed by atoms with Crippen molar-refractivity contribution in [3.8, 4) is 22.9 Å². The summed E-state index contributed by atoms with van der Waals surface area (Å²) in [4.78, 5) is 34.3. The van der Waals surface area contributed by atoms with Crippen molar-refractivity contribution in [2.75, 3.05) is 20.8 Å². The second-order valence-electron chi connectivity index (χ2n) is 9.17. The van der Waals surface area contributed by atoms with Gasteiger partial charge in [-0.25, -0.2) is 14.8 Å². The van der Waals surface area contributed by atoms with Gasteiger partial charge in [-0.05, 0) is 73.1 Å². The summed E-state index contributed by atoms with van der Waals surface area (Å²) in [6, 6.07) is 13.1. The number of esters is 1. The van der Waals surface area contributed by atoms with Gasteiger partial charge in [-0.15, -0.1) is 0 Å². The van der Waals surface area contributed by atoms with Crippen LogP contribution in [0.5, 0.6) is 11.5 Å². The molecule has 1 heterocycles. The molecule has 1 saturated carbocycles. The molecule has 1 amide bonds. The number of hydrogen-bond acceptors (Lipinski definition) is 7. The van der Waals surface area contributed by atoms with Crippen LogP contribution in [0.15, 0.2) is 54.2 Å². The van der Waals surface area contributed by atoms with Gasteiger partial charge in [0.1, 0.15) is 17.2 Å². The molecule has 37 heavy (non-hydrogen) atoms. The fraction of sp³-hybridized carbons (Fsp3) is 0.310. The number of fused-ring (bicyclic) bond motifs is 3. The van der Waals surface area contributed by atoms with E-state index in [2.05, 4.69) is 21.4 Å². The zero-order chi connectivity index (χ0) is 25.9. The summed E-state index contributed by atoms with van der Waals surface area (Å²) >= 11 is 0. The number of ether oxygens (including phenoxy) is 3. The van der Waals surface area contributed by atoms with Crippen molar-refractivity contribution in [3.63, 3.8) is 0 Å². The minimum atomic E-state index is -0.318. The molecule has 2 aliphatic carbocycles. The number of aromatic nitrogens is 2.